The Bertz CT molecular complexity index is 598. The largest absolute Gasteiger partial charge is 0.481 e. The molecule has 0 bridgehead atoms. The normalized spacial score (nSPS) is 18.2. The van der Waals surface area contributed by atoms with E-state index in [1.807, 2.05) is 35.2 Å². The van der Waals surface area contributed by atoms with E-state index in [9.17, 15) is 4.79 Å². The van der Waals surface area contributed by atoms with Crippen LogP contribution in [0.4, 0.5) is 5.82 Å². The summed E-state index contributed by atoms with van der Waals surface area (Å²) in [6, 6.07) is 9.85. The Hall–Kier alpha value is -2.43. The van der Waals surface area contributed by atoms with Gasteiger partial charge in [0, 0.05) is 18.7 Å². The van der Waals surface area contributed by atoms with Gasteiger partial charge in [0.1, 0.15) is 5.82 Å². The van der Waals surface area contributed by atoms with Gasteiger partial charge in [-0.05, 0) is 6.42 Å². The minimum absolute atomic E-state index is 0.300. The van der Waals surface area contributed by atoms with Crippen LogP contribution in [0.2, 0.25) is 0 Å². The van der Waals surface area contributed by atoms with E-state index in [1.165, 1.54) is 0 Å². The first kappa shape index (κ1) is 12.6. The Morgan fingerprint density at radius 2 is 2.00 bits per heavy atom. The van der Waals surface area contributed by atoms with Crippen molar-refractivity contribution in [2.24, 2.45) is 5.92 Å². The topological polar surface area (TPSA) is 66.3 Å². The van der Waals surface area contributed by atoms with E-state index in [0.29, 0.717) is 13.0 Å². The van der Waals surface area contributed by atoms with Gasteiger partial charge in [-0.25, -0.2) is 4.98 Å². The Morgan fingerprint density at radius 1 is 1.20 bits per heavy atom. The predicted molar refractivity (Wildman–Crippen MR) is 75.4 cm³/mol. The van der Waals surface area contributed by atoms with Crippen molar-refractivity contribution in [2.45, 2.75) is 6.42 Å². The predicted octanol–water partition coefficient (Wildman–Crippen LogP) is 2.05. The van der Waals surface area contributed by atoms with Crippen LogP contribution < -0.4 is 4.90 Å². The zero-order valence-corrected chi connectivity index (χ0v) is 10.9. The molecule has 1 fully saturated rings. The molecule has 2 heterocycles. The molecule has 20 heavy (non-hydrogen) atoms. The highest BCUT2D eigenvalue weighted by atomic mass is 16.4. The van der Waals surface area contributed by atoms with Crippen LogP contribution in [0.25, 0.3) is 11.3 Å². The summed E-state index contributed by atoms with van der Waals surface area (Å²) in [7, 11) is 0. The molecule has 0 saturated carbocycles. The van der Waals surface area contributed by atoms with Crippen LogP contribution in [0.1, 0.15) is 6.42 Å². The molecule has 1 unspecified atom stereocenters. The molecular formula is C15H15N3O2. The number of aliphatic carboxylic acids is 1. The van der Waals surface area contributed by atoms with E-state index >= 15 is 0 Å². The van der Waals surface area contributed by atoms with Crippen molar-refractivity contribution in [3.05, 3.63) is 42.7 Å². The van der Waals surface area contributed by atoms with E-state index in [-0.39, 0.29) is 5.92 Å². The second kappa shape index (κ2) is 5.28. The van der Waals surface area contributed by atoms with Gasteiger partial charge in [-0.15, -0.1) is 0 Å². The van der Waals surface area contributed by atoms with Gasteiger partial charge < -0.3 is 10.0 Å². The van der Waals surface area contributed by atoms with Crippen molar-refractivity contribution < 1.29 is 9.90 Å². The van der Waals surface area contributed by atoms with Crippen LogP contribution in [-0.2, 0) is 4.79 Å². The van der Waals surface area contributed by atoms with Crippen LogP contribution in [0, 0.1) is 5.92 Å². The molecule has 0 spiro atoms. The number of rotatable bonds is 3. The van der Waals surface area contributed by atoms with Crippen molar-refractivity contribution in [3.8, 4) is 11.3 Å². The number of hydrogen-bond donors (Lipinski definition) is 1. The molecule has 1 aromatic carbocycles. The number of nitrogens with zero attached hydrogens (tertiary/aromatic N) is 3. The van der Waals surface area contributed by atoms with Crippen molar-refractivity contribution in [1.29, 1.82) is 0 Å². The van der Waals surface area contributed by atoms with E-state index in [2.05, 4.69) is 9.97 Å². The number of hydrogen-bond acceptors (Lipinski definition) is 4. The van der Waals surface area contributed by atoms with Crippen LogP contribution in [-0.4, -0.2) is 34.1 Å². The molecule has 1 saturated heterocycles. The third-order valence-corrected chi connectivity index (χ3v) is 3.57. The maximum absolute atomic E-state index is 11.0. The van der Waals surface area contributed by atoms with E-state index < -0.39 is 5.97 Å². The summed E-state index contributed by atoms with van der Waals surface area (Å²) >= 11 is 0. The third-order valence-electron chi connectivity index (χ3n) is 3.57. The van der Waals surface area contributed by atoms with Gasteiger partial charge >= 0.3 is 5.97 Å². The SMILES string of the molecule is O=C(O)C1CCN(c2cnc(-c3ccccc3)cn2)C1. The number of anilines is 1. The summed E-state index contributed by atoms with van der Waals surface area (Å²) in [5.41, 5.74) is 1.85. The fourth-order valence-electron chi connectivity index (χ4n) is 2.41. The monoisotopic (exact) mass is 269 g/mol. The molecule has 1 aromatic heterocycles. The number of carboxylic acid groups (broad SMARTS) is 1. The summed E-state index contributed by atoms with van der Waals surface area (Å²) in [6.07, 6.45) is 4.11. The zero-order chi connectivity index (χ0) is 13.9. The average Bonchev–Trinajstić information content (AvgIpc) is 2.98. The number of carboxylic acids is 1. The lowest BCUT2D eigenvalue weighted by molar-refractivity contribution is -0.140. The van der Waals surface area contributed by atoms with Gasteiger partial charge in [0.05, 0.1) is 24.0 Å². The van der Waals surface area contributed by atoms with E-state index in [4.69, 9.17) is 5.11 Å². The summed E-state index contributed by atoms with van der Waals surface area (Å²) < 4.78 is 0. The molecule has 3 rings (SSSR count). The van der Waals surface area contributed by atoms with E-state index in [0.717, 1.165) is 23.6 Å². The second-order valence-corrected chi connectivity index (χ2v) is 4.90. The number of aromatic nitrogens is 2. The second-order valence-electron chi connectivity index (χ2n) is 4.90. The highest BCUT2D eigenvalue weighted by Crippen LogP contribution is 2.23. The molecule has 1 aliphatic heterocycles. The van der Waals surface area contributed by atoms with Crippen LogP contribution >= 0.6 is 0 Å². The fourth-order valence-corrected chi connectivity index (χ4v) is 2.41. The minimum atomic E-state index is -0.735. The molecule has 5 heteroatoms. The fraction of sp³-hybridized carbons (Fsp3) is 0.267. The highest BCUT2D eigenvalue weighted by molar-refractivity contribution is 5.71. The smallest absolute Gasteiger partial charge is 0.308 e. The molecular weight excluding hydrogens is 254 g/mol. The maximum atomic E-state index is 11.0. The van der Waals surface area contributed by atoms with Gasteiger partial charge in [0.25, 0.3) is 0 Å². The molecule has 0 amide bonds. The lowest BCUT2D eigenvalue weighted by atomic mass is 10.1. The highest BCUT2D eigenvalue weighted by Gasteiger charge is 2.28. The first-order chi connectivity index (χ1) is 9.74. The van der Waals surface area contributed by atoms with Crippen molar-refractivity contribution in [2.75, 3.05) is 18.0 Å². The molecule has 1 atom stereocenters. The minimum Gasteiger partial charge on any atom is -0.481 e. The number of carbonyl (C=O) groups is 1. The summed E-state index contributed by atoms with van der Waals surface area (Å²) in [4.78, 5) is 21.7. The van der Waals surface area contributed by atoms with Crippen molar-refractivity contribution in [3.63, 3.8) is 0 Å². The molecule has 1 N–H and O–H groups in total. The lowest BCUT2D eigenvalue weighted by Crippen LogP contribution is -2.23. The van der Waals surface area contributed by atoms with Crippen molar-refractivity contribution >= 4 is 11.8 Å². The lowest BCUT2D eigenvalue weighted by Gasteiger charge is -2.16. The molecule has 5 nitrogen and oxygen atoms in total. The molecule has 1 aliphatic rings. The van der Waals surface area contributed by atoms with Crippen LogP contribution in [0.15, 0.2) is 42.7 Å². The summed E-state index contributed by atoms with van der Waals surface area (Å²) in [5.74, 6) is -0.291. The summed E-state index contributed by atoms with van der Waals surface area (Å²) in [6.45, 7) is 1.23. The van der Waals surface area contributed by atoms with Gasteiger partial charge in [-0.1, -0.05) is 30.3 Å². The first-order valence-electron chi connectivity index (χ1n) is 6.59. The van der Waals surface area contributed by atoms with Crippen LogP contribution in [0.3, 0.4) is 0 Å². The molecule has 102 valence electrons. The van der Waals surface area contributed by atoms with Crippen LogP contribution in [0.5, 0.6) is 0 Å². The standard InChI is InChI=1S/C15H15N3O2/c19-15(20)12-6-7-18(10-12)14-9-16-13(8-17-14)11-4-2-1-3-5-11/h1-5,8-9,12H,6-7,10H2,(H,19,20). The summed E-state index contributed by atoms with van der Waals surface area (Å²) in [5, 5.41) is 9.01. The third kappa shape index (κ3) is 2.47. The molecule has 0 radical (unpaired) electrons. The molecule has 2 aromatic rings. The van der Waals surface area contributed by atoms with Gasteiger partial charge in [-0.3, -0.25) is 9.78 Å². The Labute approximate surface area is 116 Å². The Morgan fingerprint density at radius 3 is 2.60 bits per heavy atom. The quantitative estimate of drug-likeness (QED) is 0.923. The average molecular weight is 269 g/mol. The zero-order valence-electron chi connectivity index (χ0n) is 10.9. The van der Waals surface area contributed by atoms with Gasteiger partial charge in [-0.2, -0.15) is 0 Å². The first-order valence-corrected chi connectivity index (χ1v) is 6.59. The maximum Gasteiger partial charge on any atom is 0.308 e. The van der Waals surface area contributed by atoms with Crippen molar-refractivity contribution in [1.82, 2.24) is 9.97 Å². The Kier molecular flexibility index (Phi) is 3.33. The molecule has 0 aliphatic carbocycles. The van der Waals surface area contributed by atoms with Gasteiger partial charge in [0.2, 0.25) is 0 Å². The Balaban J connectivity index is 1.76. The van der Waals surface area contributed by atoms with Gasteiger partial charge in [0.15, 0.2) is 0 Å². The number of benzene rings is 1. The van der Waals surface area contributed by atoms with E-state index in [1.54, 1.807) is 12.4 Å².